The van der Waals surface area contributed by atoms with Gasteiger partial charge >= 0.3 is 0 Å². The van der Waals surface area contributed by atoms with E-state index in [1.807, 2.05) is 18.9 Å². The third kappa shape index (κ3) is 1.88. The van der Waals surface area contributed by atoms with E-state index in [2.05, 4.69) is 5.32 Å². The molecule has 2 rings (SSSR count). The molecule has 17 heavy (non-hydrogen) atoms. The lowest BCUT2D eigenvalue weighted by molar-refractivity contribution is -0.145. The quantitative estimate of drug-likeness (QED) is 0.792. The van der Waals surface area contributed by atoms with Crippen LogP contribution in [0.2, 0.25) is 0 Å². The minimum atomic E-state index is -0.568. The van der Waals surface area contributed by atoms with Gasteiger partial charge in [-0.3, -0.25) is 9.59 Å². The largest absolute Gasteiger partial charge is 0.326 e. The summed E-state index contributed by atoms with van der Waals surface area (Å²) in [7, 11) is 1.82. The van der Waals surface area contributed by atoms with Crippen molar-refractivity contribution in [3.8, 4) is 0 Å². The van der Waals surface area contributed by atoms with Gasteiger partial charge in [-0.15, -0.1) is 0 Å². The van der Waals surface area contributed by atoms with E-state index in [0.29, 0.717) is 0 Å². The van der Waals surface area contributed by atoms with Crippen molar-refractivity contribution in [3.05, 3.63) is 0 Å². The molecule has 2 heterocycles. The number of nitrogens with zero attached hydrogens (tertiary/aromatic N) is 1. The molecule has 0 aromatic carbocycles. The zero-order valence-electron chi connectivity index (χ0n) is 11.0. The average Bonchev–Trinajstić information content (AvgIpc) is 2.53. The maximum atomic E-state index is 12.5. The van der Waals surface area contributed by atoms with Crippen molar-refractivity contribution in [2.45, 2.75) is 63.6 Å². The van der Waals surface area contributed by atoms with Crippen LogP contribution in [0.3, 0.4) is 0 Å². The second-order valence-electron chi connectivity index (χ2n) is 5.50. The SMILES string of the molecule is CNC1CCCC2CCC(C)(C(C)=O)N2C1=O.[HH]. The lowest BCUT2D eigenvalue weighted by Crippen LogP contribution is -2.56. The Morgan fingerprint density at radius 1 is 1.47 bits per heavy atom. The summed E-state index contributed by atoms with van der Waals surface area (Å²) in [6.07, 6.45) is 4.77. The lowest BCUT2D eigenvalue weighted by atomic mass is 9.93. The van der Waals surface area contributed by atoms with Crippen LogP contribution in [0.4, 0.5) is 0 Å². The first-order valence-corrected chi connectivity index (χ1v) is 6.52. The van der Waals surface area contributed by atoms with E-state index in [1.54, 1.807) is 6.92 Å². The summed E-state index contributed by atoms with van der Waals surface area (Å²) in [5.74, 6) is 0.232. The summed E-state index contributed by atoms with van der Waals surface area (Å²) in [6.45, 7) is 3.53. The topological polar surface area (TPSA) is 49.4 Å². The Balaban J connectivity index is 0.00000162. The van der Waals surface area contributed by atoms with Crippen molar-refractivity contribution in [3.63, 3.8) is 0 Å². The van der Waals surface area contributed by atoms with Crippen molar-refractivity contribution in [2.24, 2.45) is 0 Å². The normalized spacial score (nSPS) is 37.8. The minimum Gasteiger partial charge on any atom is -0.326 e. The number of ketones is 1. The standard InChI is InChI=1S/C13H22N2O2.H2/c1-9(16)13(2)8-7-10-5-4-6-11(14-3)12(17)15(10)13;/h10-11,14H,4-8H2,1-3H3;1H. The molecule has 0 saturated carbocycles. The second-order valence-corrected chi connectivity index (χ2v) is 5.50. The van der Waals surface area contributed by atoms with E-state index in [0.717, 1.165) is 32.1 Å². The number of carbonyl (C=O) groups excluding carboxylic acids is 2. The van der Waals surface area contributed by atoms with Crippen LogP contribution in [0.5, 0.6) is 0 Å². The molecule has 3 atom stereocenters. The monoisotopic (exact) mass is 240 g/mol. The molecule has 2 fully saturated rings. The molecule has 0 bridgehead atoms. The van der Waals surface area contributed by atoms with Crippen LogP contribution in [0.25, 0.3) is 0 Å². The van der Waals surface area contributed by atoms with Crippen LogP contribution < -0.4 is 5.32 Å². The van der Waals surface area contributed by atoms with Crippen LogP contribution in [-0.2, 0) is 9.59 Å². The first-order chi connectivity index (χ1) is 8.00. The Labute approximate surface area is 104 Å². The molecule has 4 heteroatoms. The third-order valence-electron chi connectivity index (χ3n) is 4.53. The molecule has 0 radical (unpaired) electrons. The number of Topliss-reactive ketones (excluding diaryl/α,β-unsaturated/α-hetero) is 1. The number of fused-ring (bicyclic) bond motifs is 1. The molecule has 98 valence electrons. The number of hydrogen-bond acceptors (Lipinski definition) is 3. The summed E-state index contributed by atoms with van der Waals surface area (Å²) in [5.41, 5.74) is -0.568. The molecule has 1 amide bonds. The summed E-state index contributed by atoms with van der Waals surface area (Å²) < 4.78 is 0. The molecule has 0 aliphatic carbocycles. The molecule has 2 aliphatic rings. The van der Waals surface area contributed by atoms with Crippen molar-refractivity contribution in [1.29, 1.82) is 0 Å². The highest BCUT2D eigenvalue weighted by atomic mass is 16.2. The Hall–Kier alpha value is -0.900. The second kappa shape index (κ2) is 4.41. The van der Waals surface area contributed by atoms with Gasteiger partial charge in [0.05, 0.1) is 11.6 Å². The number of rotatable bonds is 2. The van der Waals surface area contributed by atoms with Gasteiger partial charge < -0.3 is 10.2 Å². The summed E-state index contributed by atoms with van der Waals surface area (Å²) >= 11 is 0. The van der Waals surface area contributed by atoms with Crippen LogP contribution in [-0.4, -0.2) is 41.3 Å². The van der Waals surface area contributed by atoms with Gasteiger partial charge in [0.2, 0.25) is 5.91 Å². The minimum absolute atomic E-state index is 0. The molecular formula is C13H24N2O2. The predicted octanol–water partition coefficient (Wildman–Crippen LogP) is 1.34. The lowest BCUT2D eigenvalue weighted by Gasteiger charge is -2.37. The fourth-order valence-electron chi connectivity index (χ4n) is 3.26. The van der Waals surface area contributed by atoms with Gasteiger partial charge in [-0.25, -0.2) is 0 Å². The zero-order valence-corrected chi connectivity index (χ0v) is 11.0. The molecule has 1 N–H and O–H groups in total. The first kappa shape index (κ1) is 12.6. The maximum absolute atomic E-state index is 12.5. The van der Waals surface area contributed by atoms with Crippen molar-refractivity contribution in [1.82, 2.24) is 10.2 Å². The van der Waals surface area contributed by atoms with Gasteiger partial charge in [0.15, 0.2) is 5.78 Å². The average molecular weight is 240 g/mol. The van der Waals surface area contributed by atoms with Crippen LogP contribution in [0.1, 0.15) is 47.4 Å². The Kier molecular flexibility index (Phi) is 3.25. The van der Waals surface area contributed by atoms with Gasteiger partial charge in [-0.2, -0.15) is 0 Å². The Morgan fingerprint density at radius 2 is 2.18 bits per heavy atom. The number of likely N-dealkylation sites (N-methyl/N-ethyl adjacent to an activating group) is 1. The summed E-state index contributed by atoms with van der Waals surface area (Å²) in [4.78, 5) is 26.2. The van der Waals surface area contributed by atoms with Gasteiger partial charge in [0, 0.05) is 7.47 Å². The fourth-order valence-corrected chi connectivity index (χ4v) is 3.26. The van der Waals surface area contributed by atoms with Gasteiger partial charge in [0.25, 0.3) is 0 Å². The number of amides is 1. The Bertz CT molecular complexity index is 348. The van der Waals surface area contributed by atoms with E-state index < -0.39 is 5.54 Å². The zero-order chi connectivity index (χ0) is 12.6. The maximum Gasteiger partial charge on any atom is 0.240 e. The molecule has 2 aliphatic heterocycles. The predicted molar refractivity (Wildman–Crippen MR) is 67.8 cm³/mol. The summed E-state index contributed by atoms with van der Waals surface area (Å²) in [6, 6.07) is 0.159. The molecular weight excluding hydrogens is 216 g/mol. The smallest absolute Gasteiger partial charge is 0.240 e. The van der Waals surface area contributed by atoms with Crippen LogP contribution in [0.15, 0.2) is 0 Å². The Morgan fingerprint density at radius 3 is 2.76 bits per heavy atom. The summed E-state index contributed by atoms with van der Waals surface area (Å²) in [5, 5.41) is 3.08. The van der Waals surface area contributed by atoms with E-state index in [-0.39, 0.29) is 25.2 Å². The van der Waals surface area contributed by atoms with Crippen molar-refractivity contribution < 1.29 is 11.0 Å². The van der Waals surface area contributed by atoms with Crippen LogP contribution >= 0.6 is 0 Å². The molecule has 4 nitrogen and oxygen atoms in total. The van der Waals surface area contributed by atoms with Gasteiger partial charge in [-0.1, -0.05) is 0 Å². The van der Waals surface area contributed by atoms with E-state index in [4.69, 9.17) is 0 Å². The highest BCUT2D eigenvalue weighted by Gasteiger charge is 2.50. The van der Waals surface area contributed by atoms with Crippen LogP contribution in [0, 0.1) is 0 Å². The molecule has 0 spiro atoms. The van der Waals surface area contributed by atoms with Crippen molar-refractivity contribution >= 4 is 11.7 Å². The highest BCUT2D eigenvalue weighted by Crippen LogP contribution is 2.39. The van der Waals surface area contributed by atoms with E-state index >= 15 is 0 Å². The van der Waals surface area contributed by atoms with Gasteiger partial charge in [0.1, 0.15) is 0 Å². The van der Waals surface area contributed by atoms with E-state index in [1.165, 1.54) is 0 Å². The molecule has 3 unspecified atom stereocenters. The first-order valence-electron chi connectivity index (χ1n) is 6.52. The third-order valence-corrected chi connectivity index (χ3v) is 4.53. The van der Waals surface area contributed by atoms with Crippen molar-refractivity contribution in [2.75, 3.05) is 7.05 Å². The fraction of sp³-hybridized carbons (Fsp3) is 0.846. The molecule has 0 aromatic heterocycles. The highest BCUT2D eigenvalue weighted by molar-refractivity contribution is 5.93. The number of hydrogen-bond donors (Lipinski definition) is 1. The van der Waals surface area contributed by atoms with Gasteiger partial charge in [-0.05, 0) is 53.0 Å². The molecule has 0 aromatic rings. The number of carbonyl (C=O) groups is 2. The molecule has 2 saturated heterocycles. The number of nitrogens with one attached hydrogen (secondary N) is 1. The van der Waals surface area contributed by atoms with E-state index in [9.17, 15) is 9.59 Å².